The van der Waals surface area contributed by atoms with E-state index in [-0.39, 0.29) is 29.5 Å². The summed E-state index contributed by atoms with van der Waals surface area (Å²) >= 11 is 26.0. The van der Waals surface area contributed by atoms with E-state index < -0.39 is 9.84 Å². The Bertz CT molecular complexity index is 874. The summed E-state index contributed by atoms with van der Waals surface area (Å²) in [6, 6.07) is 8.73. The van der Waals surface area contributed by atoms with E-state index in [0.717, 1.165) is 0 Å². The molecule has 0 aliphatic carbocycles. The summed E-state index contributed by atoms with van der Waals surface area (Å²) in [5.41, 5.74) is 0. The first-order valence-corrected chi connectivity index (χ1v) is 14.5. The summed E-state index contributed by atoms with van der Waals surface area (Å²) < 4.78 is 37.1. The molecule has 2 aromatic carbocycles. The van der Waals surface area contributed by atoms with Crippen molar-refractivity contribution in [1.82, 2.24) is 0 Å². The van der Waals surface area contributed by atoms with E-state index >= 15 is 0 Å². The number of benzene rings is 2. The molecule has 2 aromatic rings. The molecule has 0 aliphatic heterocycles. The lowest BCUT2D eigenvalue weighted by molar-refractivity contribution is 0.325. The number of sulfone groups is 1. The molecule has 0 aromatic heterocycles. The number of ether oxygens (including phenoxy) is 2. The van der Waals surface area contributed by atoms with Crippen LogP contribution in [0.15, 0.2) is 46.2 Å². The van der Waals surface area contributed by atoms with Gasteiger partial charge in [-0.15, -0.1) is 0 Å². The van der Waals surface area contributed by atoms with Crippen LogP contribution in [0, 0.1) is 0 Å². The second-order valence-corrected chi connectivity index (χ2v) is 12.5. The van der Waals surface area contributed by atoms with Crippen molar-refractivity contribution in [1.29, 1.82) is 0 Å². The van der Waals surface area contributed by atoms with Crippen molar-refractivity contribution >= 4 is 96.8 Å². The average Bonchev–Trinajstić information content (AvgIpc) is 2.71. The van der Waals surface area contributed by atoms with Gasteiger partial charge in [-0.25, -0.2) is 8.42 Å². The highest BCUT2D eigenvalue weighted by Gasteiger charge is 2.21. The molecular formula is C18H16Br4Cl2O4S. The second-order valence-electron chi connectivity index (χ2n) is 5.81. The van der Waals surface area contributed by atoms with Gasteiger partial charge in [-0.05, 0) is 36.4 Å². The van der Waals surface area contributed by atoms with Gasteiger partial charge in [-0.3, -0.25) is 0 Å². The maximum atomic E-state index is 13.0. The van der Waals surface area contributed by atoms with Crippen LogP contribution in [0.5, 0.6) is 11.5 Å². The van der Waals surface area contributed by atoms with Crippen LogP contribution in [0.2, 0.25) is 10.0 Å². The Kier molecular flexibility index (Phi) is 10.6. The third-order valence-electron chi connectivity index (χ3n) is 3.60. The lowest BCUT2D eigenvalue weighted by Crippen LogP contribution is -2.13. The molecule has 2 unspecified atom stereocenters. The van der Waals surface area contributed by atoms with Crippen molar-refractivity contribution in [3.8, 4) is 11.5 Å². The summed E-state index contributed by atoms with van der Waals surface area (Å²) in [5, 5.41) is 1.85. The molecule has 11 heteroatoms. The van der Waals surface area contributed by atoms with Gasteiger partial charge in [0.25, 0.3) is 0 Å². The Morgan fingerprint density at radius 1 is 0.793 bits per heavy atom. The zero-order valence-electron chi connectivity index (χ0n) is 14.8. The molecule has 0 spiro atoms. The largest absolute Gasteiger partial charge is 0.491 e. The minimum atomic E-state index is -3.80. The minimum absolute atomic E-state index is 0.0512. The van der Waals surface area contributed by atoms with Crippen LogP contribution in [0.1, 0.15) is 0 Å². The molecule has 0 saturated carbocycles. The Balaban J connectivity index is 2.21. The fraction of sp³-hybridized carbons (Fsp3) is 0.333. The van der Waals surface area contributed by atoms with Gasteiger partial charge in [-0.2, -0.15) is 0 Å². The SMILES string of the molecule is O=S(=O)(c1ccc(OCC(Br)CBr)c(Cl)c1)c1ccc(OCC(Br)CBr)c(Cl)c1. The van der Waals surface area contributed by atoms with E-state index in [0.29, 0.717) is 35.4 Å². The van der Waals surface area contributed by atoms with Crippen LogP contribution >= 0.6 is 86.9 Å². The van der Waals surface area contributed by atoms with E-state index in [1.165, 1.54) is 24.3 Å². The van der Waals surface area contributed by atoms with E-state index in [4.69, 9.17) is 32.7 Å². The quantitative estimate of drug-likeness (QED) is 0.251. The molecule has 2 rings (SSSR count). The van der Waals surface area contributed by atoms with Gasteiger partial charge in [0.1, 0.15) is 24.7 Å². The van der Waals surface area contributed by atoms with Crippen LogP contribution in [-0.2, 0) is 9.84 Å². The van der Waals surface area contributed by atoms with Gasteiger partial charge in [0.05, 0.1) is 29.5 Å². The number of hydrogen-bond acceptors (Lipinski definition) is 4. The third kappa shape index (κ3) is 7.26. The highest BCUT2D eigenvalue weighted by Crippen LogP contribution is 2.33. The fourth-order valence-electron chi connectivity index (χ4n) is 2.12. The molecule has 2 atom stereocenters. The molecule has 0 saturated heterocycles. The van der Waals surface area contributed by atoms with Crippen molar-refractivity contribution in [2.75, 3.05) is 23.9 Å². The molecule has 29 heavy (non-hydrogen) atoms. The number of halogens is 6. The van der Waals surface area contributed by atoms with Gasteiger partial charge in [0.2, 0.25) is 9.84 Å². The van der Waals surface area contributed by atoms with Gasteiger partial charge in [0.15, 0.2) is 0 Å². The molecular weight excluding hydrogens is 703 g/mol. The molecule has 0 N–H and O–H groups in total. The van der Waals surface area contributed by atoms with Gasteiger partial charge >= 0.3 is 0 Å². The van der Waals surface area contributed by atoms with Crippen LogP contribution in [0.4, 0.5) is 0 Å². The first-order chi connectivity index (χ1) is 13.7. The van der Waals surface area contributed by atoms with Gasteiger partial charge in [0, 0.05) is 10.7 Å². The average molecular weight is 719 g/mol. The summed E-state index contributed by atoms with van der Waals surface area (Å²) in [6.45, 7) is 0.775. The highest BCUT2D eigenvalue weighted by atomic mass is 79.9. The monoisotopic (exact) mass is 714 g/mol. The maximum absolute atomic E-state index is 13.0. The highest BCUT2D eigenvalue weighted by molar-refractivity contribution is 9.12. The standard InChI is InChI=1S/C18H16Br4Cl2O4S/c19-7-11(21)9-27-17-3-1-13(5-15(17)23)29(25,26)14-2-4-18(16(24)6-14)28-10-12(22)8-20/h1-6,11-12H,7-10H2. The molecule has 0 aliphatic rings. The van der Waals surface area contributed by atoms with Crippen molar-refractivity contribution in [3.63, 3.8) is 0 Å². The van der Waals surface area contributed by atoms with E-state index in [1.54, 1.807) is 12.1 Å². The fourth-order valence-corrected chi connectivity index (χ4v) is 4.67. The van der Waals surface area contributed by atoms with Crippen molar-refractivity contribution in [2.45, 2.75) is 19.4 Å². The minimum Gasteiger partial charge on any atom is -0.491 e. The van der Waals surface area contributed by atoms with E-state index in [9.17, 15) is 8.42 Å². The molecule has 0 bridgehead atoms. The van der Waals surface area contributed by atoms with E-state index in [1.807, 2.05) is 0 Å². The van der Waals surface area contributed by atoms with E-state index in [2.05, 4.69) is 63.7 Å². The van der Waals surface area contributed by atoms with Crippen molar-refractivity contribution < 1.29 is 17.9 Å². The third-order valence-corrected chi connectivity index (χ3v) is 10.4. The normalized spacial score (nSPS) is 13.7. The van der Waals surface area contributed by atoms with Crippen LogP contribution in [0.25, 0.3) is 0 Å². The molecule has 4 nitrogen and oxygen atoms in total. The molecule has 160 valence electrons. The Morgan fingerprint density at radius 2 is 1.17 bits per heavy atom. The maximum Gasteiger partial charge on any atom is 0.206 e. The molecule has 0 fully saturated rings. The first-order valence-electron chi connectivity index (χ1n) is 8.19. The zero-order valence-corrected chi connectivity index (χ0v) is 23.4. The Morgan fingerprint density at radius 3 is 1.48 bits per heavy atom. The van der Waals surface area contributed by atoms with Crippen molar-refractivity contribution in [3.05, 3.63) is 46.4 Å². The van der Waals surface area contributed by atoms with Crippen molar-refractivity contribution in [2.24, 2.45) is 0 Å². The molecule has 0 amide bonds. The summed E-state index contributed by atoms with van der Waals surface area (Å²) in [4.78, 5) is 0.323. The lowest BCUT2D eigenvalue weighted by Gasteiger charge is -2.13. The zero-order chi connectivity index (χ0) is 21.6. The van der Waals surface area contributed by atoms with Gasteiger partial charge in [-0.1, -0.05) is 86.9 Å². The summed E-state index contributed by atoms with van der Waals surface area (Å²) in [5.74, 6) is 0.822. The Labute approximate surface area is 214 Å². The number of hydrogen-bond donors (Lipinski definition) is 0. The topological polar surface area (TPSA) is 52.6 Å². The lowest BCUT2D eigenvalue weighted by atomic mass is 10.3. The second kappa shape index (κ2) is 11.9. The van der Waals surface area contributed by atoms with Crippen LogP contribution in [-0.4, -0.2) is 41.9 Å². The molecule has 0 radical (unpaired) electrons. The first kappa shape index (κ1) is 25.7. The summed E-state index contributed by atoms with van der Waals surface area (Å²) in [6.07, 6.45) is 0. The van der Waals surface area contributed by atoms with Crippen LogP contribution in [0.3, 0.4) is 0 Å². The summed E-state index contributed by atoms with van der Waals surface area (Å²) in [7, 11) is -3.80. The predicted octanol–water partition coefficient (Wildman–Crippen LogP) is 6.90. The predicted molar refractivity (Wildman–Crippen MR) is 132 cm³/mol. The molecule has 0 heterocycles. The number of alkyl halides is 4. The smallest absolute Gasteiger partial charge is 0.206 e. The van der Waals surface area contributed by atoms with Crippen LogP contribution < -0.4 is 9.47 Å². The number of rotatable bonds is 10. The Hall–Kier alpha value is 0.490. The van der Waals surface area contributed by atoms with Gasteiger partial charge < -0.3 is 9.47 Å².